The Hall–Kier alpha value is -1.44. The lowest BCUT2D eigenvalue weighted by molar-refractivity contribution is -0.122. The molecule has 21 heavy (non-hydrogen) atoms. The molecule has 0 saturated heterocycles. The number of rotatable bonds is 7. The molecule has 0 aromatic heterocycles. The van der Waals surface area contributed by atoms with Crippen LogP contribution < -0.4 is 10.0 Å². The number of nitrogens with one attached hydrogen (secondary N) is 2. The van der Waals surface area contributed by atoms with Gasteiger partial charge >= 0.3 is 0 Å². The number of nitrogens with zero attached hydrogens (tertiary/aromatic N) is 1. The summed E-state index contributed by atoms with van der Waals surface area (Å²) in [6.45, 7) is 0. The molecule has 1 atom stereocenters. The third-order valence-corrected chi connectivity index (χ3v) is 4.84. The molecule has 1 amide bonds. The van der Waals surface area contributed by atoms with Crippen molar-refractivity contribution in [1.82, 2.24) is 14.3 Å². The summed E-state index contributed by atoms with van der Waals surface area (Å²) in [6, 6.07) is 8.76. The molecule has 1 aliphatic carbocycles. The van der Waals surface area contributed by atoms with E-state index in [2.05, 4.69) is 10.0 Å². The Bertz CT molecular complexity index is 583. The first-order valence-electron chi connectivity index (χ1n) is 6.92. The molecule has 1 unspecified atom stereocenters. The lowest BCUT2D eigenvalue weighted by Gasteiger charge is -2.21. The number of amides is 1. The summed E-state index contributed by atoms with van der Waals surface area (Å²) in [5.74, 6) is -0.272. The zero-order valence-corrected chi connectivity index (χ0v) is 13.1. The van der Waals surface area contributed by atoms with Gasteiger partial charge in [-0.1, -0.05) is 30.3 Å². The summed E-state index contributed by atoms with van der Waals surface area (Å²) >= 11 is 0. The zero-order valence-electron chi connectivity index (χ0n) is 12.2. The third kappa shape index (κ3) is 4.80. The van der Waals surface area contributed by atoms with Crippen molar-refractivity contribution in [2.75, 3.05) is 14.1 Å². The second kappa shape index (κ2) is 6.55. The molecular formula is C14H21N3O3S. The average Bonchev–Trinajstić information content (AvgIpc) is 3.22. The molecule has 116 valence electrons. The van der Waals surface area contributed by atoms with Crippen molar-refractivity contribution in [2.45, 2.75) is 31.3 Å². The highest BCUT2D eigenvalue weighted by atomic mass is 32.2. The second-order valence-corrected chi connectivity index (χ2v) is 7.35. The van der Waals surface area contributed by atoms with Crippen LogP contribution in [-0.4, -0.2) is 44.8 Å². The largest absolute Gasteiger partial charge is 0.352 e. The first-order chi connectivity index (χ1) is 9.88. The van der Waals surface area contributed by atoms with Crippen LogP contribution in [0.1, 0.15) is 18.4 Å². The van der Waals surface area contributed by atoms with E-state index in [0.717, 1.165) is 22.7 Å². The van der Waals surface area contributed by atoms with E-state index in [4.69, 9.17) is 0 Å². The summed E-state index contributed by atoms with van der Waals surface area (Å²) in [7, 11) is -0.793. The van der Waals surface area contributed by atoms with Crippen LogP contribution in [0.4, 0.5) is 0 Å². The molecule has 7 heteroatoms. The predicted molar refractivity (Wildman–Crippen MR) is 80.8 cm³/mol. The van der Waals surface area contributed by atoms with Crippen LogP contribution in [-0.2, 0) is 21.4 Å². The minimum Gasteiger partial charge on any atom is -0.352 e. The molecule has 0 bridgehead atoms. The summed E-state index contributed by atoms with van der Waals surface area (Å²) in [5, 5.41) is 2.85. The number of carbonyl (C=O) groups excluding carboxylic acids is 1. The molecule has 0 heterocycles. The molecule has 2 rings (SSSR count). The van der Waals surface area contributed by atoms with Gasteiger partial charge in [-0.25, -0.2) is 0 Å². The monoisotopic (exact) mass is 311 g/mol. The molecular weight excluding hydrogens is 290 g/mol. The first-order valence-corrected chi connectivity index (χ1v) is 8.36. The minimum atomic E-state index is -3.66. The fraction of sp³-hybridized carbons (Fsp3) is 0.500. The van der Waals surface area contributed by atoms with Gasteiger partial charge in [0.2, 0.25) is 5.91 Å². The van der Waals surface area contributed by atoms with Gasteiger partial charge in [0.15, 0.2) is 0 Å². The van der Waals surface area contributed by atoms with E-state index in [1.807, 2.05) is 30.3 Å². The third-order valence-electron chi connectivity index (χ3n) is 3.29. The normalized spacial score (nSPS) is 16.7. The molecule has 1 fully saturated rings. The van der Waals surface area contributed by atoms with Gasteiger partial charge in [-0.05, 0) is 24.8 Å². The zero-order chi connectivity index (χ0) is 15.5. The van der Waals surface area contributed by atoms with Crippen LogP contribution in [0.5, 0.6) is 0 Å². The van der Waals surface area contributed by atoms with Crippen LogP contribution in [0, 0.1) is 0 Å². The van der Waals surface area contributed by atoms with E-state index < -0.39 is 16.3 Å². The summed E-state index contributed by atoms with van der Waals surface area (Å²) in [6.07, 6.45) is 2.25. The Kier molecular flexibility index (Phi) is 4.97. The van der Waals surface area contributed by atoms with E-state index in [0.29, 0.717) is 6.42 Å². The molecule has 1 aliphatic rings. The summed E-state index contributed by atoms with van der Waals surface area (Å²) in [4.78, 5) is 12.2. The average molecular weight is 311 g/mol. The Labute approximate surface area is 125 Å². The highest BCUT2D eigenvalue weighted by molar-refractivity contribution is 7.87. The van der Waals surface area contributed by atoms with E-state index in [1.165, 1.54) is 14.1 Å². The smallest absolute Gasteiger partial charge is 0.279 e. The maximum absolute atomic E-state index is 12.2. The van der Waals surface area contributed by atoms with Crippen LogP contribution in [0.3, 0.4) is 0 Å². The maximum Gasteiger partial charge on any atom is 0.279 e. The highest BCUT2D eigenvalue weighted by Gasteiger charge is 2.30. The molecule has 1 aromatic rings. The van der Waals surface area contributed by atoms with Crippen molar-refractivity contribution >= 4 is 16.1 Å². The minimum absolute atomic E-state index is 0.194. The number of carbonyl (C=O) groups is 1. The van der Waals surface area contributed by atoms with Crippen LogP contribution in [0.2, 0.25) is 0 Å². The number of hydrogen-bond donors (Lipinski definition) is 2. The van der Waals surface area contributed by atoms with Crippen molar-refractivity contribution in [2.24, 2.45) is 0 Å². The van der Waals surface area contributed by atoms with Crippen molar-refractivity contribution in [3.63, 3.8) is 0 Å². The van der Waals surface area contributed by atoms with Crippen LogP contribution in [0.25, 0.3) is 0 Å². The van der Waals surface area contributed by atoms with Gasteiger partial charge < -0.3 is 5.32 Å². The summed E-state index contributed by atoms with van der Waals surface area (Å²) in [5.41, 5.74) is 0.912. The molecule has 1 aromatic carbocycles. The van der Waals surface area contributed by atoms with Gasteiger partial charge in [0.05, 0.1) is 0 Å². The molecule has 0 aliphatic heterocycles. The van der Waals surface area contributed by atoms with Gasteiger partial charge in [0.25, 0.3) is 10.2 Å². The van der Waals surface area contributed by atoms with Crippen LogP contribution in [0.15, 0.2) is 30.3 Å². The topological polar surface area (TPSA) is 78.5 Å². The highest BCUT2D eigenvalue weighted by Crippen LogP contribution is 2.19. The fourth-order valence-corrected chi connectivity index (χ4v) is 2.61. The Morgan fingerprint density at radius 1 is 1.29 bits per heavy atom. The Morgan fingerprint density at radius 3 is 2.43 bits per heavy atom. The van der Waals surface area contributed by atoms with Gasteiger partial charge in [-0.15, -0.1) is 0 Å². The standard InChI is InChI=1S/C14H21N3O3S/c1-17(2)21(19,20)16-13(14(18)15-12-8-9-12)10-11-6-4-3-5-7-11/h3-7,12-13,16H,8-10H2,1-2H3,(H,15,18). The van der Waals surface area contributed by atoms with E-state index in [1.54, 1.807) is 0 Å². The number of benzene rings is 1. The van der Waals surface area contributed by atoms with Gasteiger partial charge in [-0.3, -0.25) is 4.79 Å². The van der Waals surface area contributed by atoms with E-state index in [-0.39, 0.29) is 11.9 Å². The molecule has 0 spiro atoms. The van der Waals surface area contributed by atoms with Crippen molar-refractivity contribution in [1.29, 1.82) is 0 Å². The van der Waals surface area contributed by atoms with Crippen molar-refractivity contribution in [3.8, 4) is 0 Å². The van der Waals surface area contributed by atoms with Crippen LogP contribution >= 0.6 is 0 Å². The lowest BCUT2D eigenvalue weighted by Crippen LogP contribution is -2.51. The Morgan fingerprint density at radius 2 is 1.90 bits per heavy atom. The molecule has 0 radical (unpaired) electrons. The SMILES string of the molecule is CN(C)S(=O)(=O)NC(Cc1ccccc1)C(=O)NC1CC1. The summed E-state index contributed by atoms with van der Waals surface area (Å²) < 4.78 is 27.5. The molecule has 6 nitrogen and oxygen atoms in total. The second-order valence-electron chi connectivity index (χ2n) is 5.43. The maximum atomic E-state index is 12.2. The Balaban J connectivity index is 2.11. The van der Waals surface area contributed by atoms with Gasteiger partial charge in [0, 0.05) is 20.1 Å². The number of hydrogen-bond acceptors (Lipinski definition) is 3. The van der Waals surface area contributed by atoms with E-state index in [9.17, 15) is 13.2 Å². The van der Waals surface area contributed by atoms with Crippen molar-refractivity contribution < 1.29 is 13.2 Å². The van der Waals surface area contributed by atoms with Crippen molar-refractivity contribution in [3.05, 3.63) is 35.9 Å². The fourth-order valence-electron chi connectivity index (χ4n) is 1.85. The quantitative estimate of drug-likeness (QED) is 0.759. The predicted octanol–water partition coefficient (Wildman–Crippen LogP) is 0.272. The van der Waals surface area contributed by atoms with Gasteiger partial charge in [-0.2, -0.15) is 17.4 Å². The molecule has 2 N–H and O–H groups in total. The molecule has 1 saturated carbocycles. The first kappa shape index (κ1) is 15.9. The van der Waals surface area contributed by atoms with E-state index >= 15 is 0 Å². The lowest BCUT2D eigenvalue weighted by atomic mass is 10.1. The van der Waals surface area contributed by atoms with Gasteiger partial charge in [0.1, 0.15) is 6.04 Å².